The smallest absolute Gasteiger partial charge is 0.0643 e. The average Bonchev–Trinajstić information content (AvgIpc) is 2.25. The van der Waals surface area contributed by atoms with E-state index in [9.17, 15) is 0 Å². The fourth-order valence-electron chi connectivity index (χ4n) is 1.91. The van der Waals surface area contributed by atoms with Crippen LogP contribution >= 0.6 is 12.2 Å². The number of rotatable bonds is 5. The standard InChI is InChI=1S/C9H16N4S/c10-12-11-6-3-5-9-4-1-2-7-13(9)8-14/h8-9H,1-7H2. The van der Waals surface area contributed by atoms with Crippen LogP contribution in [0.25, 0.3) is 10.4 Å². The van der Waals surface area contributed by atoms with E-state index in [-0.39, 0.29) is 0 Å². The quantitative estimate of drug-likeness (QED) is 0.231. The van der Waals surface area contributed by atoms with Crippen molar-refractivity contribution in [2.75, 3.05) is 13.1 Å². The molecule has 0 amide bonds. The van der Waals surface area contributed by atoms with Gasteiger partial charge in [-0.15, -0.1) is 0 Å². The number of piperidine rings is 1. The van der Waals surface area contributed by atoms with E-state index in [0.29, 0.717) is 12.6 Å². The van der Waals surface area contributed by atoms with E-state index in [0.717, 1.165) is 19.4 Å². The van der Waals surface area contributed by atoms with E-state index in [1.165, 1.54) is 19.3 Å². The van der Waals surface area contributed by atoms with Gasteiger partial charge in [0.05, 0.1) is 5.49 Å². The summed E-state index contributed by atoms with van der Waals surface area (Å²) in [5, 5.41) is 3.53. The molecule has 1 aliphatic heterocycles. The highest BCUT2D eigenvalue weighted by molar-refractivity contribution is 7.78. The van der Waals surface area contributed by atoms with Crippen molar-refractivity contribution in [2.45, 2.75) is 38.1 Å². The molecule has 1 unspecified atom stereocenters. The highest BCUT2D eigenvalue weighted by Gasteiger charge is 2.18. The number of hydrogen-bond acceptors (Lipinski definition) is 2. The average molecular weight is 212 g/mol. The molecular weight excluding hydrogens is 196 g/mol. The van der Waals surface area contributed by atoms with E-state index in [1.807, 2.05) is 0 Å². The topological polar surface area (TPSA) is 52.0 Å². The monoisotopic (exact) mass is 212 g/mol. The molecule has 5 heteroatoms. The number of likely N-dealkylation sites (tertiary alicyclic amines) is 1. The summed E-state index contributed by atoms with van der Waals surface area (Å²) in [4.78, 5) is 4.99. The van der Waals surface area contributed by atoms with Gasteiger partial charge in [0.1, 0.15) is 0 Å². The fraction of sp³-hybridized carbons (Fsp3) is 0.889. The van der Waals surface area contributed by atoms with Crippen molar-refractivity contribution in [3.8, 4) is 0 Å². The van der Waals surface area contributed by atoms with Gasteiger partial charge >= 0.3 is 0 Å². The van der Waals surface area contributed by atoms with Gasteiger partial charge in [-0.2, -0.15) is 0 Å². The van der Waals surface area contributed by atoms with Crippen molar-refractivity contribution in [1.82, 2.24) is 4.90 Å². The zero-order valence-electron chi connectivity index (χ0n) is 8.30. The molecular formula is C9H16N4S. The zero-order chi connectivity index (χ0) is 10.2. The van der Waals surface area contributed by atoms with E-state index < -0.39 is 0 Å². The maximum absolute atomic E-state index is 8.13. The third kappa shape index (κ3) is 3.52. The fourth-order valence-corrected chi connectivity index (χ4v) is 2.19. The van der Waals surface area contributed by atoms with Gasteiger partial charge in [0.15, 0.2) is 0 Å². The molecule has 0 saturated carbocycles. The van der Waals surface area contributed by atoms with Crippen molar-refractivity contribution in [3.63, 3.8) is 0 Å². The van der Waals surface area contributed by atoms with Crippen LogP contribution in [0.2, 0.25) is 0 Å². The summed E-state index contributed by atoms with van der Waals surface area (Å²) in [7, 11) is 0. The first-order valence-corrected chi connectivity index (χ1v) is 5.57. The summed E-state index contributed by atoms with van der Waals surface area (Å²) in [5.41, 5.74) is 9.90. The van der Waals surface area contributed by atoms with Crippen LogP contribution in [0.1, 0.15) is 32.1 Å². The van der Waals surface area contributed by atoms with Crippen LogP contribution in [-0.4, -0.2) is 29.5 Å². The predicted octanol–water partition coefficient (Wildman–Crippen LogP) is 2.89. The van der Waals surface area contributed by atoms with Gasteiger partial charge in [-0.25, -0.2) is 0 Å². The zero-order valence-corrected chi connectivity index (χ0v) is 9.12. The molecule has 0 aliphatic carbocycles. The Labute approximate surface area is 89.9 Å². The molecule has 0 aromatic heterocycles. The summed E-state index contributed by atoms with van der Waals surface area (Å²) in [5.74, 6) is 0. The molecule has 1 aliphatic rings. The number of hydrogen-bond donors (Lipinski definition) is 0. The van der Waals surface area contributed by atoms with E-state index >= 15 is 0 Å². The van der Waals surface area contributed by atoms with Crippen molar-refractivity contribution >= 4 is 17.7 Å². The minimum absolute atomic E-state index is 0.579. The molecule has 1 heterocycles. The molecule has 0 aromatic rings. The second kappa shape index (κ2) is 6.62. The third-order valence-electron chi connectivity index (χ3n) is 2.67. The molecule has 0 aromatic carbocycles. The summed E-state index contributed by atoms with van der Waals surface area (Å²) >= 11 is 4.97. The molecule has 0 spiro atoms. The van der Waals surface area contributed by atoms with Crippen LogP contribution in [0.3, 0.4) is 0 Å². The summed E-state index contributed by atoms with van der Waals surface area (Å²) < 4.78 is 0. The lowest BCUT2D eigenvalue weighted by Crippen LogP contribution is -2.37. The normalized spacial score (nSPS) is 21.4. The molecule has 1 atom stereocenters. The minimum Gasteiger partial charge on any atom is -0.366 e. The second-order valence-corrected chi connectivity index (χ2v) is 3.80. The van der Waals surface area contributed by atoms with Crippen LogP contribution in [0.15, 0.2) is 5.11 Å². The molecule has 0 bridgehead atoms. The number of azide groups is 1. The van der Waals surface area contributed by atoms with Crippen LogP contribution < -0.4 is 0 Å². The molecule has 78 valence electrons. The van der Waals surface area contributed by atoms with Crippen molar-refractivity contribution in [1.29, 1.82) is 0 Å². The highest BCUT2D eigenvalue weighted by atomic mass is 32.1. The Morgan fingerprint density at radius 3 is 3.14 bits per heavy atom. The molecule has 0 N–H and O–H groups in total. The van der Waals surface area contributed by atoms with Gasteiger partial charge in [-0.1, -0.05) is 17.3 Å². The first-order chi connectivity index (χ1) is 6.88. The lowest BCUT2D eigenvalue weighted by molar-refractivity contribution is 0.237. The van der Waals surface area contributed by atoms with Crippen LogP contribution in [-0.2, 0) is 0 Å². The molecule has 0 radical (unpaired) electrons. The summed E-state index contributed by atoms with van der Waals surface area (Å²) in [6.07, 6.45) is 5.83. The lowest BCUT2D eigenvalue weighted by atomic mass is 9.99. The maximum atomic E-state index is 8.13. The van der Waals surface area contributed by atoms with Crippen molar-refractivity contribution in [3.05, 3.63) is 10.4 Å². The molecule has 14 heavy (non-hydrogen) atoms. The second-order valence-electron chi connectivity index (χ2n) is 3.59. The molecule has 1 fully saturated rings. The van der Waals surface area contributed by atoms with E-state index in [2.05, 4.69) is 14.9 Å². The number of nitrogens with zero attached hydrogens (tertiary/aromatic N) is 4. The van der Waals surface area contributed by atoms with Crippen LogP contribution in [0.5, 0.6) is 0 Å². The van der Waals surface area contributed by atoms with Gasteiger partial charge in [-0.3, -0.25) is 0 Å². The molecule has 1 rings (SSSR count). The Hall–Kier alpha value is -0.800. The Bertz CT molecular complexity index is 225. The largest absolute Gasteiger partial charge is 0.366 e. The SMILES string of the molecule is [N-]=[N+]=NCCCC1CCCCN1C=S. The Morgan fingerprint density at radius 1 is 1.57 bits per heavy atom. The van der Waals surface area contributed by atoms with Gasteiger partial charge in [0.2, 0.25) is 0 Å². The summed E-state index contributed by atoms with van der Waals surface area (Å²) in [6, 6.07) is 0.579. The maximum Gasteiger partial charge on any atom is 0.0643 e. The van der Waals surface area contributed by atoms with Crippen LogP contribution in [0, 0.1) is 0 Å². The summed E-state index contributed by atoms with van der Waals surface area (Å²) in [6.45, 7) is 1.70. The van der Waals surface area contributed by atoms with E-state index in [4.69, 9.17) is 17.7 Å². The Kier molecular flexibility index (Phi) is 5.33. The highest BCUT2D eigenvalue weighted by Crippen LogP contribution is 2.19. The lowest BCUT2D eigenvalue weighted by Gasteiger charge is -2.34. The first-order valence-electron chi connectivity index (χ1n) is 5.10. The molecule has 4 nitrogen and oxygen atoms in total. The van der Waals surface area contributed by atoms with Crippen molar-refractivity contribution < 1.29 is 0 Å². The van der Waals surface area contributed by atoms with Gasteiger partial charge in [0.25, 0.3) is 0 Å². The van der Waals surface area contributed by atoms with Gasteiger partial charge in [0, 0.05) is 24.0 Å². The third-order valence-corrected chi connectivity index (χ3v) is 2.94. The van der Waals surface area contributed by atoms with Gasteiger partial charge in [-0.05, 0) is 37.6 Å². The Morgan fingerprint density at radius 2 is 2.43 bits per heavy atom. The molecule has 1 saturated heterocycles. The van der Waals surface area contributed by atoms with Gasteiger partial charge < -0.3 is 4.90 Å². The predicted molar refractivity (Wildman–Crippen MR) is 61.2 cm³/mol. The minimum atomic E-state index is 0.579. The Balaban J connectivity index is 2.25. The first kappa shape index (κ1) is 11.3. The van der Waals surface area contributed by atoms with Crippen molar-refractivity contribution in [2.24, 2.45) is 5.11 Å². The number of thiocarbonyl (C=S) groups is 1. The van der Waals surface area contributed by atoms with Crippen LogP contribution in [0.4, 0.5) is 0 Å². The van der Waals surface area contributed by atoms with E-state index in [1.54, 1.807) is 5.49 Å².